The summed E-state index contributed by atoms with van der Waals surface area (Å²) in [6.45, 7) is 0.596. The topological polar surface area (TPSA) is 78.9 Å². The van der Waals surface area contributed by atoms with Crippen molar-refractivity contribution >= 4 is 11.8 Å². The molecule has 2 unspecified atom stereocenters. The number of hydrogen-bond acceptors (Lipinski definition) is 4. The van der Waals surface area contributed by atoms with Gasteiger partial charge in [0.1, 0.15) is 5.75 Å². The number of hydrogen-bond donors (Lipinski definition) is 2. The van der Waals surface area contributed by atoms with Crippen LogP contribution in [0.5, 0.6) is 5.75 Å². The molecule has 0 radical (unpaired) electrons. The molecule has 2 atom stereocenters. The number of rotatable bonds is 7. The maximum Gasteiger partial charge on any atom is 0.573 e. The van der Waals surface area contributed by atoms with Gasteiger partial charge in [0.2, 0.25) is 11.8 Å². The zero-order valence-corrected chi connectivity index (χ0v) is 15.9. The number of carbonyl (C=O) groups is 2. The number of halogens is 3. The minimum absolute atomic E-state index is 0.0955. The Balaban J connectivity index is 1.48. The predicted octanol–water partition coefficient (Wildman–Crippen LogP) is 2.78. The van der Waals surface area contributed by atoms with Gasteiger partial charge in [-0.25, -0.2) is 0 Å². The van der Waals surface area contributed by atoms with E-state index in [2.05, 4.69) is 10.1 Å². The molecule has 1 saturated heterocycles. The first kappa shape index (κ1) is 21.6. The first-order valence-corrected chi connectivity index (χ1v) is 9.34. The highest BCUT2D eigenvalue weighted by atomic mass is 19.4. The monoisotopic (exact) mass is 422 g/mol. The van der Waals surface area contributed by atoms with E-state index >= 15 is 0 Å². The SMILES string of the molecule is O=C(NCC(O)c1ccc(OC(F)(F)F)cc1)C1CC(=O)N(Cc2ccccc2)C1. The molecule has 0 saturated carbocycles. The molecular formula is C21H21F3N2O4. The van der Waals surface area contributed by atoms with Crippen molar-refractivity contribution in [2.75, 3.05) is 13.1 Å². The normalized spacial score (nSPS) is 17.7. The van der Waals surface area contributed by atoms with E-state index < -0.39 is 24.1 Å². The molecule has 2 amide bonds. The van der Waals surface area contributed by atoms with E-state index in [-0.39, 0.29) is 24.8 Å². The van der Waals surface area contributed by atoms with Crippen LogP contribution in [-0.2, 0) is 16.1 Å². The molecule has 3 rings (SSSR count). The lowest BCUT2D eigenvalue weighted by atomic mass is 10.1. The third-order valence-electron chi connectivity index (χ3n) is 4.77. The van der Waals surface area contributed by atoms with Crippen LogP contribution < -0.4 is 10.1 Å². The number of likely N-dealkylation sites (tertiary alicyclic amines) is 1. The van der Waals surface area contributed by atoms with Gasteiger partial charge in [0.25, 0.3) is 0 Å². The fraction of sp³-hybridized carbons (Fsp3) is 0.333. The number of ether oxygens (including phenoxy) is 1. The standard InChI is InChI=1S/C21H21F3N2O4/c22-21(23,24)30-17-8-6-15(7-9-17)18(27)11-25-20(29)16-10-19(28)26(13-16)12-14-4-2-1-3-5-14/h1-9,16,18,27H,10-13H2,(H,25,29). The van der Waals surface area contributed by atoms with Crippen LogP contribution in [0.3, 0.4) is 0 Å². The Bertz CT molecular complexity index is 872. The maximum absolute atomic E-state index is 12.4. The Hall–Kier alpha value is -3.07. The van der Waals surface area contributed by atoms with E-state index in [1.54, 1.807) is 4.90 Å². The predicted molar refractivity (Wildman–Crippen MR) is 101 cm³/mol. The minimum Gasteiger partial charge on any atom is -0.406 e. The lowest BCUT2D eigenvalue weighted by Crippen LogP contribution is -2.35. The molecule has 0 aromatic heterocycles. The quantitative estimate of drug-likeness (QED) is 0.719. The van der Waals surface area contributed by atoms with Crippen LogP contribution in [0.4, 0.5) is 13.2 Å². The van der Waals surface area contributed by atoms with Gasteiger partial charge in [-0.1, -0.05) is 42.5 Å². The number of carbonyl (C=O) groups excluding carboxylic acids is 2. The molecule has 6 nitrogen and oxygen atoms in total. The largest absolute Gasteiger partial charge is 0.573 e. The summed E-state index contributed by atoms with van der Waals surface area (Å²) >= 11 is 0. The van der Waals surface area contributed by atoms with Gasteiger partial charge in [0.05, 0.1) is 12.0 Å². The van der Waals surface area contributed by atoms with Crippen LogP contribution in [0.1, 0.15) is 23.7 Å². The van der Waals surface area contributed by atoms with Gasteiger partial charge in [-0.2, -0.15) is 0 Å². The molecule has 0 bridgehead atoms. The van der Waals surface area contributed by atoms with Crippen molar-refractivity contribution < 1.29 is 32.6 Å². The average molecular weight is 422 g/mol. The molecule has 1 fully saturated rings. The van der Waals surface area contributed by atoms with Crippen LogP contribution in [-0.4, -0.2) is 41.3 Å². The Morgan fingerprint density at radius 2 is 1.83 bits per heavy atom. The molecule has 160 valence electrons. The molecule has 2 N–H and O–H groups in total. The molecule has 1 aliphatic rings. The lowest BCUT2D eigenvalue weighted by Gasteiger charge is -2.17. The summed E-state index contributed by atoms with van der Waals surface area (Å²) in [7, 11) is 0. The smallest absolute Gasteiger partial charge is 0.406 e. The second-order valence-corrected chi connectivity index (χ2v) is 7.04. The van der Waals surface area contributed by atoms with Gasteiger partial charge >= 0.3 is 6.36 Å². The maximum atomic E-state index is 12.4. The zero-order chi connectivity index (χ0) is 21.7. The summed E-state index contributed by atoms with van der Waals surface area (Å²) in [6, 6.07) is 14.2. The second-order valence-electron chi connectivity index (χ2n) is 7.04. The van der Waals surface area contributed by atoms with Gasteiger partial charge in [0.15, 0.2) is 0 Å². The Kier molecular flexibility index (Phi) is 6.61. The molecule has 1 heterocycles. The molecule has 0 aliphatic carbocycles. The first-order chi connectivity index (χ1) is 14.2. The number of benzene rings is 2. The molecule has 30 heavy (non-hydrogen) atoms. The van der Waals surface area contributed by atoms with E-state index in [0.717, 1.165) is 17.7 Å². The number of aliphatic hydroxyl groups is 1. The van der Waals surface area contributed by atoms with Crippen LogP contribution in [0.25, 0.3) is 0 Å². The summed E-state index contributed by atoms with van der Waals surface area (Å²) < 4.78 is 40.3. The molecule has 1 aliphatic heterocycles. The molecule has 2 aromatic rings. The fourth-order valence-corrected chi connectivity index (χ4v) is 3.26. The lowest BCUT2D eigenvalue weighted by molar-refractivity contribution is -0.274. The van der Waals surface area contributed by atoms with E-state index in [9.17, 15) is 27.9 Å². The van der Waals surface area contributed by atoms with E-state index in [1.165, 1.54) is 12.1 Å². The number of nitrogens with zero attached hydrogens (tertiary/aromatic N) is 1. The highest BCUT2D eigenvalue weighted by Crippen LogP contribution is 2.25. The van der Waals surface area contributed by atoms with Crippen molar-refractivity contribution in [2.24, 2.45) is 5.92 Å². The summed E-state index contributed by atoms with van der Waals surface area (Å²) in [5.74, 6) is -1.38. The van der Waals surface area contributed by atoms with Crippen LogP contribution in [0.15, 0.2) is 54.6 Å². The Morgan fingerprint density at radius 1 is 1.17 bits per heavy atom. The molecule has 0 spiro atoms. The van der Waals surface area contributed by atoms with Crippen LogP contribution in [0.2, 0.25) is 0 Å². The van der Waals surface area contributed by atoms with Crippen LogP contribution in [0, 0.1) is 5.92 Å². The number of amides is 2. The zero-order valence-electron chi connectivity index (χ0n) is 15.9. The number of aliphatic hydroxyl groups excluding tert-OH is 1. The number of nitrogens with one attached hydrogen (secondary N) is 1. The van der Waals surface area contributed by atoms with Gasteiger partial charge < -0.3 is 20.1 Å². The minimum atomic E-state index is -4.79. The van der Waals surface area contributed by atoms with Crippen molar-refractivity contribution in [2.45, 2.75) is 25.4 Å². The summed E-state index contributed by atoms with van der Waals surface area (Å²) in [5, 5.41) is 12.8. The van der Waals surface area contributed by atoms with Crippen molar-refractivity contribution in [1.82, 2.24) is 10.2 Å². The summed E-state index contributed by atoms with van der Waals surface area (Å²) in [5.41, 5.74) is 1.30. The van der Waals surface area contributed by atoms with Crippen molar-refractivity contribution in [3.63, 3.8) is 0 Å². The average Bonchev–Trinajstić information content (AvgIpc) is 3.06. The van der Waals surface area contributed by atoms with Crippen molar-refractivity contribution in [3.8, 4) is 5.75 Å². The highest BCUT2D eigenvalue weighted by molar-refractivity contribution is 5.89. The van der Waals surface area contributed by atoms with Crippen LogP contribution >= 0.6 is 0 Å². The van der Waals surface area contributed by atoms with E-state index in [0.29, 0.717) is 18.7 Å². The number of alkyl halides is 3. The third kappa shape index (κ3) is 5.96. The van der Waals surface area contributed by atoms with Gasteiger partial charge in [-0.05, 0) is 23.3 Å². The fourth-order valence-electron chi connectivity index (χ4n) is 3.26. The van der Waals surface area contributed by atoms with Gasteiger partial charge in [-0.15, -0.1) is 13.2 Å². The Morgan fingerprint density at radius 3 is 2.47 bits per heavy atom. The molecule has 9 heteroatoms. The second kappa shape index (κ2) is 9.17. The van der Waals surface area contributed by atoms with E-state index in [4.69, 9.17) is 0 Å². The summed E-state index contributed by atoms with van der Waals surface area (Å²) in [4.78, 5) is 26.2. The van der Waals surface area contributed by atoms with Gasteiger partial charge in [0, 0.05) is 26.1 Å². The van der Waals surface area contributed by atoms with Crippen molar-refractivity contribution in [1.29, 1.82) is 0 Å². The Labute approximate surface area is 171 Å². The van der Waals surface area contributed by atoms with E-state index in [1.807, 2.05) is 30.3 Å². The van der Waals surface area contributed by atoms with Crippen molar-refractivity contribution in [3.05, 3.63) is 65.7 Å². The molecule has 2 aromatic carbocycles. The third-order valence-corrected chi connectivity index (χ3v) is 4.77. The first-order valence-electron chi connectivity index (χ1n) is 9.34. The summed E-state index contributed by atoms with van der Waals surface area (Å²) in [6.07, 6.45) is -5.80. The molecular weight excluding hydrogens is 401 g/mol. The van der Waals surface area contributed by atoms with Gasteiger partial charge in [-0.3, -0.25) is 9.59 Å². The highest BCUT2D eigenvalue weighted by Gasteiger charge is 2.34.